The van der Waals surface area contributed by atoms with Crippen LogP contribution in [0.3, 0.4) is 0 Å². The number of aliphatic hydroxyl groups is 1. The second-order valence-electron chi connectivity index (χ2n) is 5.38. The first-order valence-electron chi connectivity index (χ1n) is 6.96. The minimum absolute atomic E-state index is 0.372. The van der Waals surface area contributed by atoms with Crippen LogP contribution in [0, 0.1) is 13.8 Å². The Balaban J connectivity index is 2.39. The molecule has 1 aromatic carbocycles. The average Bonchev–Trinajstić information content (AvgIpc) is 2.35. The molecule has 0 radical (unpaired) electrons. The summed E-state index contributed by atoms with van der Waals surface area (Å²) in [5, 5.41) is 10.2. The molecule has 3 nitrogen and oxygen atoms in total. The highest BCUT2D eigenvalue weighted by Gasteiger charge is 2.09. The fourth-order valence-corrected chi connectivity index (χ4v) is 2.30. The van der Waals surface area contributed by atoms with Gasteiger partial charge in [0.1, 0.15) is 0 Å². The predicted molar refractivity (Wildman–Crippen MR) is 79.5 cm³/mol. The zero-order chi connectivity index (χ0) is 14.3. The monoisotopic (exact) mass is 265 g/mol. The van der Waals surface area contributed by atoms with Crippen LogP contribution < -0.4 is 0 Å². The lowest BCUT2D eigenvalue weighted by Gasteiger charge is -2.19. The number of rotatable bonds is 8. The van der Waals surface area contributed by atoms with E-state index in [1.165, 1.54) is 11.1 Å². The highest BCUT2D eigenvalue weighted by atomic mass is 16.5. The third kappa shape index (κ3) is 6.19. The summed E-state index contributed by atoms with van der Waals surface area (Å²) >= 11 is 0. The largest absolute Gasteiger partial charge is 0.388 e. The molecule has 0 saturated heterocycles. The average molecular weight is 265 g/mol. The quantitative estimate of drug-likeness (QED) is 0.734. The molecule has 0 bridgehead atoms. The molecule has 19 heavy (non-hydrogen) atoms. The molecule has 1 rings (SSSR count). The van der Waals surface area contributed by atoms with Crippen LogP contribution in [0.5, 0.6) is 0 Å². The number of benzene rings is 1. The van der Waals surface area contributed by atoms with Gasteiger partial charge in [-0.15, -0.1) is 0 Å². The van der Waals surface area contributed by atoms with E-state index in [1.807, 2.05) is 0 Å². The summed E-state index contributed by atoms with van der Waals surface area (Å²) in [5.74, 6) is 0. The van der Waals surface area contributed by atoms with Crippen LogP contribution in [0.1, 0.15) is 35.6 Å². The van der Waals surface area contributed by atoms with Gasteiger partial charge in [-0.2, -0.15) is 0 Å². The second kappa shape index (κ2) is 8.31. The number of methoxy groups -OCH3 is 1. The van der Waals surface area contributed by atoms with E-state index in [-0.39, 0.29) is 6.10 Å². The van der Waals surface area contributed by atoms with Crippen molar-refractivity contribution in [1.29, 1.82) is 0 Å². The van der Waals surface area contributed by atoms with Crippen molar-refractivity contribution in [2.75, 3.05) is 33.9 Å². The smallest absolute Gasteiger partial charge is 0.0802 e. The van der Waals surface area contributed by atoms with Crippen LogP contribution in [0.2, 0.25) is 0 Å². The van der Waals surface area contributed by atoms with Crippen molar-refractivity contribution < 1.29 is 9.84 Å². The molecular formula is C16H27NO2. The van der Waals surface area contributed by atoms with E-state index in [9.17, 15) is 5.11 Å². The Labute approximate surface area is 117 Å². The van der Waals surface area contributed by atoms with Crippen molar-refractivity contribution in [3.05, 3.63) is 34.9 Å². The third-order valence-corrected chi connectivity index (χ3v) is 3.30. The molecular weight excluding hydrogens is 238 g/mol. The van der Waals surface area contributed by atoms with E-state index in [0.29, 0.717) is 0 Å². The maximum atomic E-state index is 10.2. The molecule has 0 spiro atoms. The van der Waals surface area contributed by atoms with Gasteiger partial charge in [-0.05, 0) is 39.3 Å². The Hall–Kier alpha value is -0.900. The van der Waals surface area contributed by atoms with E-state index >= 15 is 0 Å². The highest BCUT2D eigenvalue weighted by Crippen LogP contribution is 2.19. The third-order valence-electron chi connectivity index (χ3n) is 3.30. The van der Waals surface area contributed by atoms with Crippen molar-refractivity contribution in [1.82, 2.24) is 4.90 Å². The molecule has 0 amide bonds. The number of aryl methyl sites for hydroxylation is 2. The lowest BCUT2D eigenvalue weighted by molar-refractivity contribution is 0.141. The molecule has 0 aliphatic carbocycles. The Morgan fingerprint density at radius 2 is 1.79 bits per heavy atom. The molecule has 1 N–H and O–H groups in total. The first kappa shape index (κ1) is 16.2. The van der Waals surface area contributed by atoms with Crippen molar-refractivity contribution >= 4 is 0 Å². The van der Waals surface area contributed by atoms with Gasteiger partial charge in [-0.25, -0.2) is 0 Å². The fraction of sp³-hybridized carbons (Fsp3) is 0.625. The fourth-order valence-electron chi connectivity index (χ4n) is 2.30. The van der Waals surface area contributed by atoms with Crippen LogP contribution in [0.4, 0.5) is 0 Å². The molecule has 0 aliphatic heterocycles. The predicted octanol–water partition coefficient (Wildman–Crippen LogP) is 2.70. The number of aliphatic hydroxyl groups excluding tert-OH is 1. The van der Waals surface area contributed by atoms with E-state index < -0.39 is 0 Å². The first-order chi connectivity index (χ1) is 9.02. The van der Waals surface area contributed by atoms with E-state index in [0.717, 1.165) is 38.1 Å². The normalized spacial score (nSPS) is 12.9. The number of ether oxygens (including phenoxy) is 1. The van der Waals surface area contributed by atoms with Gasteiger partial charge in [0.15, 0.2) is 0 Å². The van der Waals surface area contributed by atoms with Gasteiger partial charge in [0.2, 0.25) is 0 Å². The van der Waals surface area contributed by atoms with Crippen molar-refractivity contribution in [2.24, 2.45) is 0 Å². The zero-order valence-electron chi connectivity index (χ0n) is 12.6. The maximum absolute atomic E-state index is 10.2. The van der Waals surface area contributed by atoms with Gasteiger partial charge in [0.25, 0.3) is 0 Å². The van der Waals surface area contributed by atoms with Crippen LogP contribution in [-0.4, -0.2) is 43.9 Å². The SMILES string of the molecule is COCCCN(C)CCC(O)c1cc(C)cc(C)c1. The minimum Gasteiger partial charge on any atom is -0.388 e. The summed E-state index contributed by atoms with van der Waals surface area (Å²) in [7, 11) is 3.81. The number of hydrogen-bond acceptors (Lipinski definition) is 3. The van der Waals surface area contributed by atoms with Crippen molar-refractivity contribution in [3.63, 3.8) is 0 Å². The van der Waals surface area contributed by atoms with Gasteiger partial charge in [0, 0.05) is 26.8 Å². The zero-order valence-corrected chi connectivity index (χ0v) is 12.6. The summed E-state index contributed by atoms with van der Waals surface area (Å²) in [6.45, 7) is 6.84. The minimum atomic E-state index is -0.372. The van der Waals surface area contributed by atoms with E-state index in [1.54, 1.807) is 7.11 Å². The topological polar surface area (TPSA) is 32.7 Å². The Kier molecular flexibility index (Phi) is 7.06. The second-order valence-corrected chi connectivity index (χ2v) is 5.38. The first-order valence-corrected chi connectivity index (χ1v) is 6.96. The number of nitrogens with zero attached hydrogens (tertiary/aromatic N) is 1. The molecule has 0 heterocycles. The van der Waals surface area contributed by atoms with Gasteiger partial charge < -0.3 is 14.7 Å². The molecule has 0 aliphatic rings. The van der Waals surface area contributed by atoms with Crippen molar-refractivity contribution in [3.8, 4) is 0 Å². The Bertz CT molecular complexity index is 359. The van der Waals surface area contributed by atoms with Crippen LogP contribution in [0.25, 0.3) is 0 Å². The van der Waals surface area contributed by atoms with Crippen LogP contribution in [0.15, 0.2) is 18.2 Å². The van der Waals surface area contributed by atoms with Crippen LogP contribution >= 0.6 is 0 Å². The van der Waals surface area contributed by atoms with Gasteiger partial charge in [-0.3, -0.25) is 0 Å². The summed E-state index contributed by atoms with van der Waals surface area (Å²) in [6.07, 6.45) is 1.43. The van der Waals surface area contributed by atoms with Crippen molar-refractivity contribution in [2.45, 2.75) is 32.8 Å². The molecule has 108 valence electrons. The molecule has 3 heteroatoms. The Morgan fingerprint density at radius 1 is 1.16 bits per heavy atom. The summed E-state index contributed by atoms with van der Waals surface area (Å²) in [4.78, 5) is 2.24. The summed E-state index contributed by atoms with van der Waals surface area (Å²) < 4.78 is 5.04. The molecule has 0 aromatic heterocycles. The Morgan fingerprint density at radius 3 is 2.37 bits per heavy atom. The molecule has 0 saturated carbocycles. The van der Waals surface area contributed by atoms with Gasteiger partial charge >= 0.3 is 0 Å². The maximum Gasteiger partial charge on any atom is 0.0802 e. The number of hydrogen-bond donors (Lipinski definition) is 1. The van der Waals surface area contributed by atoms with Gasteiger partial charge in [0.05, 0.1) is 6.10 Å². The van der Waals surface area contributed by atoms with Gasteiger partial charge in [-0.1, -0.05) is 29.3 Å². The molecule has 1 aromatic rings. The van der Waals surface area contributed by atoms with E-state index in [4.69, 9.17) is 4.74 Å². The molecule has 1 unspecified atom stereocenters. The van der Waals surface area contributed by atoms with E-state index in [2.05, 4.69) is 44.0 Å². The summed E-state index contributed by atoms with van der Waals surface area (Å²) in [6, 6.07) is 6.28. The molecule has 0 fully saturated rings. The summed E-state index contributed by atoms with van der Waals surface area (Å²) in [5.41, 5.74) is 3.45. The lowest BCUT2D eigenvalue weighted by atomic mass is 10.0. The molecule has 1 atom stereocenters. The van der Waals surface area contributed by atoms with Crippen LogP contribution in [-0.2, 0) is 4.74 Å². The lowest BCUT2D eigenvalue weighted by Crippen LogP contribution is -2.23. The standard InChI is InChI=1S/C16H27NO2/c1-13-10-14(2)12-15(11-13)16(18)6-8-17(3)7-5-9-19-4/h10-12,16,18H,5-9H2,1-4H3. The highest BCUT2D eigenvalue weighted by molar-refractivity contribution is 5.29.